The molecular formula is C28H36FN7O2. The highest BCUT2D eigenvalue weighted by molar-refractivity contribution is 5.96. The van der Waals surface area contributed by atoms with E-state index < -0.39 is 0 Å². The van der Waals surface area contributed by atoms with Crippen LogP contribution in [-0.4, -0.2) is 77.6 Å². The van der Waals surface area contributed by atoms with E-state index >= 15 is 4.39 Å². The number of anilines is 3. The Hall–Kier alpha value is -3.53. The van der Waals surface area contributed by atoms with Crippen molar-refractivity contribution in [2.45, 2.75) is 50.6 Å². The van der Waals surface area contributed by atoms with Crippen molar-refractivity contribution in [3.8, 4) is 0 Å². The van der Waals surface area contributed by atoms with E-state index in [1.807, 2.05) is 6.07 Å². The predicted molar refractivity (Wildman–Crippen MR) is 148 cm³/mol. The van der Waals surface area contributed by atoms with E-state index in [4.69, 9.17) is 4.98 Å². The molecule has 3 aromatic rings. The maximum absolute atomic E-state index is 15.1. The molecule has 0 bridgehead atoms. The Balaban J connectivity index is 1.50. The number of carbonyl (C=O) groups is 1. The molecule has 1 unspecified atom stereocenters. The zero-order chi connectivity index (χ0) is 27.2. The van der Waals surface area contributed by atoms with Crippen LogP contribution < -0.4 is 15.8 Å². The second-order valence-corrected chi connectivity index (χ2v) is 10.9. The average molecular weight is 522 g/mol. The summed E-state index contributed by atoms with van der Waals surface area (Å²) in [5.74, 6) is -0.383. The number of pyridine rings is 1. The minimum Gasteiger partial charge on any atom is -0.368 e. The molecule has 10 heteroatoms. The predicted octanol–water partition coefficient (Wildman–Crippen LogP) is 3.81. The number of aromatic nitrogens is 3. The number of fused-ring (bicyclic) bond motifs is 1. The quantitative estimate of drug-likeness (QED) is 0.506. The second-order valence-electron chi connectivity index (χ2n) is 10.9. The van der Waals surface area contributed by atoms with Gasteiger partial charge in [-0.3, -0.25) is 14.2 Å². The third kappa shape index (κ3) is 4.51. The van der Waals surface area contributed by atoms with Crippen LogP contribution in [0.3, 0.4) is 0 Å². The number of hydrogen-bond donors (Lipinski definition) is 1. The first-order chi connectivity index (χ1) is 18.1. The zero-order valence-electron chi connectivity index (χ0n) is 22.8. The number of hydrogen-bond acceptors (Lipinski definition) is 7. The third-order valence-corrected chi connectivity index (χ3v) is 8.23. The van der Waals surface area contributed by atoms with Crippen molar-refractivity contribution >= 4 is 34.3 Å². The van der Waals surface area contributed by atoms with Crippen LogP contribution in [0.4, 0.5) is 21.7 Å². The first-order valence-corrected chi connectivity index (χ1v) is 13.3. The summed E-state index contributed by atoms with van der Waals surface area (Å²) in [5, 5.41) is 3.73. The summed E-state index contributed by atoms with van der Waals surface area (Å²) in [7, 11) is 7.37. The van der Waals surface area contributed by atoms with E-state index in [0.717, 1.165) is 45.2 Å². The van der Waals surface area contributed by atoms with Gasteiger partial charge in [-0.1, -0.05) is 6.92 Å². The van der Waals surface area contributed by atoms with Gasteiger partial charge in [0.05, 0.1) is 5.69 Å². The lowest BCUT2D eigenvalue weighted by molar-refractivity contribution is 0.0821. The Kier molecular flexibility index (Phi) is 6.85. The van der Waals surface area contributed by atoms with E-state index in [2.05, 4.69) is 41.1 Å². The van der Waals surface area contributed by atoms with Crippen LogP contribution in [0, 0.1) is 5.82 Å². The molecule has 9 nitrogen and oxygen atoms in total. The fraction of sp³-hybridized carbons (Fsp3) is 0.500. The molecule has 1 atom stereocenters. The van der Waals surface area contributed by atoms with Gasteiger partial charge in [0.15, 0.2) is 0 Å². The maximum atomic E-state index is 15.1. The van der Waals surface area contributed by atoms with Gasteiger partial charge in [0.2, 0.25) is 5.95 Å². The lowest BCUT2D eigenvalue weighted by atomic mass is 9.74. The number of nitrogens with zero attached hydrogens (tertiary/aromatic N) is 6. The smallest absolute Gasteiger partial charge is 0.265 e. The Morgan fingerprint density at radius 1 is 1.21 bits per heavy atom. The zero-order valence-corrected chi connectivity index (χ0v) is 22.8. The molecule has 3 heterocycles. The molecule has 2 fully saturated rings. The molecule has 1 amide bonds. The van der Waals surface area contributed by atoms with Gasteiger partial charge < -0.3 is 20.0 Å². The number of benzene rings is 1. The van der Waals surface area contributed by atoms with E-state index in [1.165, 1.54) is 11.0 Å². The first-order valence-electron chi connectivity index (χ1n) is 13.3. The highest BCUT2D eigenvalue weighted by atomic mass is 19.1. The summed E-state index contributed by atoms with van der Waals surface area (Å²) >= 11 is 0. The fourth-order valence-corrected chi connectivity index (χ4v) is 5.66. The monoisotopic (exact) mass is 521 g/mol. The summed E-state index contributed by atoms with van der Waals surface area (Å²) in [4.78, 5) is 41.3. The molecule has 1 aliphatic carbocycles. The van der Waals surface area contributed by atoms with Crippen LogP contribution in [0.15, 0.2) is 35.3 Å². The normalized spacial score (nSPS) is 18.6. The fourth-order valence-electron chi connectivity index (χ4n) is 5.66. The summed E-state index contributed by atoms with van der Waals surface area (Å²) in [6, 6.07) is 7.05. The Morgan fingerprint density at radius 3 is 2.55 bits per heavy atom. The van der Waals surface area contributed by atoms with Crippen LogP contribution >= 0.6 is 0 Å². The van der Waals surface area contributed by atoms with Crippen molar-refractivity contribution in [1.82, 2.24) is 24.3 Å². The lowest BCUT2D eigenvalue weighted by Gasteiger charge is -2.43. The van der Waals surface area contributed by atoms with Gasteiger partial charge in [-0.05, 0) is 70.5 Å². The highest BCUT2D eigenvalue weighted by Crippen LogP contribution is 2.42. The van der Waals surface area contributed by atoms with Gasteiger partial charge in [0.25, 0.3) is 11.5 Å². The van der Waals surface area contributed by atoms with Crippen LogP contribution in [0.1, 0.15) is 49.4 Å². The molecule has 38 heavy (non-hydrogen) atoms. The molecule has 1 saturated heterocycles. The number of likely N-dealkylation sites (N-methyl/N-ethyl adjacent to an activating group) is 1. The number of rotatable bonds is 7. The number of halogens is 1. The largest absolute Gasteiger partial charge is 0.368 e. The minimum atomic E-state index is -0.378. The van der Waals surface area contributed by atoms with Crippen molar-refractivity contribution in [3.63, 3.8) is 0 Å². The molecule has 0 radical (unpaired) electrons. The molecule has 1 N–H and O–H groups in total. The molecule has 5 rings (SSSR count). The lowest BCUT2D eigenvalue weighted by Crippen LogP contribution is -2.48. The van der Waals surface area contributed by atoms with Crippen molar-refractivity contribution in [3.05, 3.63) is 52.2 Å². The molecule has 1 saturated carbocycles. The van der Waals surface area contributed by atoms with E-state index in [0.29, 0.717) is 28.5 Å². The Bertz CT molecular complexity index is 1430. The van der Waals surface area contributed by atoms with Gasteiger partial charge in [-0.15, -0.1) is 0 Å². The van der Waals surface area contributed by atoms with Crippen LogP contribution in [-0.2, 0) is 5.54 Å². The average Bonchev–Trinajstić information content (AvgIpc) is 3.35. The topological polar surface area (TPSA) is 86.6 Å². The van der Waals surface area contributed by atoms with E-state index in [1.54, 1.807) is 37.0 Å². The maximum Gasteiger partial charge on any atom is 0.265 e. The standard InChI is InChI=1S/C28H36FN7O2/c1-6-28(11-7-12-28)36-24-18(14-21(26(36)38)25(37)34(4)5)16-30-27(32-24)31-19-8-9-23(22(29)15-19)35-13-10-20(17-35)33(2)3/h8-9,14-16,20H,6-7,10-13,17H2,1-5H3,(H,30,31,32). The van der Waals surface area contributed by atoms with Crippen molar-refractivity contribution in [1.29, 1.82) is 0 Å². The molecule has 0 spiro atoms. The second kappa shape index (κ2) is 9.98. The molecule has 202 valence electrons. The van der Waals surface area contributed by atoms with Gasteiger partial charge >= 0.3 is 0 Å². The van der Waals surface area contributed by atoms with E-state index in [9.17, 15) is 9.59 Å². The summed E-state index contributed by atoms with van der Waals surface area (Å²) in [6.45, 7) is 3.67. The minimum absolute atomic E-state index is 0.114. The third-order valence-electron chi connectivity index (χ3n) is 8.23. The number of amides is 1. The first kappa shape index (κ1) is 26.1. The molecule has 1 aromatic carbocycles. The van der Waals surface area contributed by atoms with Gasteiger partial charge in [-0.2, -0.15) is 4.98 Å². The van der Waals surface area contributed by atoms with Crippen LogP contribution in [0.25, 0.3) is 11.0 Å². The summed E-state index contributed by atoms with van der Waals surface area (Å²) < 4.78 is 16.8. The van der Waals surface area contributed by atoms with Gasteiger partial charge in [-0.25, -0.2) is 9.37 Å². The molecular weight excluding hydrogens is 485 g/mol. The van der Waals surface area contributed by atoms with E-state index in [-0.39, 0.29) is 34.3 Å². The van der Waals surface area contributed by atoms with Crippen LogP contribution in [0.2, 0.25) is 0 Å². The Labute approximate surface area is 222 Å². The van der Waals surface area contributed by atoms with Gasteiger partial charge in [0.1, 0.15) is 17.0 Å². The highest BCUT2D eigenvalue weighted by Gasteiger charge is 2.40. The molecule has 2 aliphatic rings. The molecule has 1 aliphatic heterocycles. The summed E-state index contributed by atoms with van der Waals surface area (Å²) in [6.07, 6.45) is 6.09. The number of nitrogens with one attached hydrogen (secondary N) is 1. The van der Waals surface area contributed by atoms with Crippen molar-refractivity contribution in [2.24, 2.45) is 0 Å². The Morgan fingerprint density at radius 2 is 1.97 bits per heavy atom. The van der Waals surface area contributed by atoms with Crippen LogP contribution in [0.5, 0.6) is 0 Å². The SMILES string of the molecule is CCC1(n2c(=O)c(C(=O)N(C)C)cc3cnc(Nc4ccc(N5CCC(N(C)C)C5)c(F)c4)nc32)CCC1. The van der Waals surface area contributed by atoms with Crippen molar-refractivity contribution < 1.29 is 9.18 Å². The van der Waals surface area contributed by atoms with Crippen molar-refractivity contribution in [2.75, 3.05) is 51.5 Å². The summed E-state index contributed by atoms with van der Waals surface area (Å²) in [5.41, 5.74) is 0.991. The van der Waals surface area contributed by atoms with Gasteiger partial charge in [0, 0.05) is 56.0 Å². The number of carbonyl (C=O) groups excluding carboxylic acids is 1. The molecule has 2 aromatic heterocycles.